The molecule has 0 aromatic heterocycles. The van der Waals surface area contributed by atoms with Crippen LogP contribution in [0, 0.1) is 5.82 Å². The van der Waals surface area contributed by atoms with Gasteiger partial charge in [0, 0.05) is 0 Å². The Balaban J connectivity index is 3.33. The lowest BCUT2D eigenvalue weighted by molar-refractivity contribution is -0.300. The van der Waals surface area contributed by atoms with Gasteiger partial charge in [0.15, 0.2) is 0 Å². The second-order valence-corrected chi connectivity index (χ2v) is 3.69. The number of hydrogen-bond acceptors (Lipinski definition) is 1. The Labute approximate surface area is 110 Å². The molecule has 1 aromatic carbocycles. The van der Waals surface area contributed by atoms with Gasteiger partial charge in [-0.2, -0.15) is 39.5 Å². The van der Waals surface area contributed by atoms with Crippen molar-refractivity contribution in [3.63, 3.8) is 0 Å². The van der Waals surface area contributed by atoms with Gasteiger partial charge in [-0.25, -0.2) is 4.39 Å². The van der Waals surface area contributed by atoms with E-state index in [9.17, 15) is 43.9 Å². The number of rotatable bonds is 2. The summed E-state index contributed by atoms with van der Waals surface area (Å²) in [7, 11) is 0. The van der Waals surface area contributed by atoms with Crippen LogP contribution < -0.4 is 4.74 Å². The van der Waals surface area contributed by atoms with Gasteiger partial charge < -0.3 is 4.74 Å². The Hall–Kier alpha value is -1.68. The van der Waals surface area contributed by atoms with Crippen LogP contribution in [0.3, 0.4) is 0 Å². The summed E-state index contributed by atoms with van der Waals surface area (Å²) >= 11 is 0. The van der Waals surface area contributed by atoms with E-state index in [1.165, 1.54) is 0 Å². The maximum Gasteiger partial charge on any atom is 0.434 e. The summed E-state index contributed by atoms with van der Waals surface area (Å²) in [4.78, 5) is 0. The summed E-state index contributed by atoms with van der Waals surface area (Å²) in [6.45, 7) is 0. The average Bonchev–Trinajstić information content (AvgIpc) is 2.20. The van der Waals surface area contributed by atoms with E-state index in [1.54, 1.807) is 0 Å². The zero-order valence-corrected chi connectivity index (χ0v) is 9.50. The first-order valence-electron chi connectivity index (χ1n) is 4.90. The molecule has 1 rings (SSSR count). The Bertz CT molecular complexity index is 484. The van der Waals surface area contributed by atoms with Crippen molar-refractivity contribution in [3.05, 3.63) is 29.6 Å². The van der Waals surface area contributed by atoms with Gasteiger partial charge in [0.1, 0.15) is 17.1 Å². The monoisotopic (exact) mass is 330 g/mol. The largest absolute Gasteiger partial charge is 0.471 e. The summed E-state index contributed by atoms with van der Waals surface area (Å²) in [5.74, 6) is -3.95. The van der Waals surface area contributed by atoms with Gasteiger partial charge in [0.05, 0.1) is 0 Å². The number of alkyl halides is 9. The van der Waals surface area contributed by atoms with Crippen LogP contribution in [0.5, 0.6) is 5.75 Å². The topological polar surface area (TPSA) is 9.23 Å². The summed E-state index contributed by atoms with van der Waals surface area (Å²) < 4.78 is 127. The number of halogens is 10. The molecule has 0 saturated heterocycles. The second-order valence-electron chi connectivity index (χ2n) is 3.69. The third kappa shape index (κ3) is 4.14. The third-order valence-corrected chi connectivity index (χ3v) is 2.10. The molecule has 0 radical (unpaired) electrons. The highest BCUT2D eigenvalue weighted by molar-refractivity contribution is 5.37. The first-order chi connectivity index (χ1) is 9.24. The molecule has 0 fully saturated rings. The van der Waals surface area contributed by atoms with E-state index in [-0.39, 0.29) is 12.1 Å². The van der Waals surface area contributed by atoms with Crippen LogP contribution in [0.25, 0.3) is 0 Å². The molecule has 21 heavy (non-hydrogen) atoms. The van der Waals surface area contributed by atoms with Crippen molar-refractivity contribution in [2.75, 3.05) is 0 Å². The molecule has 0 amide bonds. The fraction of sp³-hybridized carbons (Fsp3) is 0.400. The van der Waals surface area contributed by atoms with Crippen LogP contribution in [-0.2, 0) is 6.18 Å². The molecule has 0 atom stereocenters. The Morgan fingerprint density at radius 1 is 0.810 bits per heavy atom. The van der Waals surface area contributed by atoms with E-state index in [0.717, 1.165) is 0 Å². The molecule has 1 aromatic rings. The lowest BCUT2D eigenvalue weighted by Gasteiger charge is -2.25. The molecule has 0 aliphatic rings. The van der Waals surface area contributed by atoms with Gasteiger partial charge in [-0.1, -0.05) is 6.07 Å². The molecule has 0 heterocycles. The van der Waals surface area contributed by atoms with E-state index >= 15 is 0 Å². The third-order valence-electron chi connectivity index (χ3n) is 2.10. The van der Waals surface area contributed by atoms with Crippen LogP contribution in [0.2, 0.25) is 0 Å². The minimum atomic E-state index is -6.02. The number of hydrogen-bond donors (Lipinski definition) is 0. The molecule has 0 N–H and O–H groups in total. The van der Waals surface area contributed by atoms with Crippen molar-refractivity contribution in [2.45, 2.75) is 24.6 Å². The summed E-state index contributed by atoms with van der Waals surface area (Å²) in [5, 5.41) is 0. The van der Waals surface area contributed by atoms with Crippen LogP contribution in [0.15, 0.2) is 18.2 Å². The minimum Gasteiger partial charge on any atom is -0.471 e. The summed E-state index contributed by atoms with van der Waals surface area (Å²) in [6, 6.07) is 0.881. The smallest absolute Gasteiger partial charge is 0.434 e. The van der Waals surface area contributed by atoms with Crippen LogP contribution in [0.1, 0.15) is 5.56 Å². The quantitative estimate of drug-likeness (QED) is 0.713. The lowest BCUT2D eigenvalue weighted by Crippen LogP contribution is -2.46. The molecule has 1 nitrogen and oxygen atoms in total. The average molecular weight is 330 g/mol. The Morgan fingerprint density at radius 2 is 1.29 bits per heavy atom. The highest BCUT2D eigenvalue weighted by Crippen LogP contribution is 2.42. The lowest BCUT2D eigenvalue weighted by atomic mass is 10.1. The fourth-order valence-corrected chi connectivity index (χ4v) is 1.32. The zero-order chi connectivity index (χ0) is 16.6. The SMILES string of the molecule is Fc1cccc(OC(C(F)(F)F)C(F)(F)F)c1C(F)(F)F. The number of benzene rings is 1. The minimum absolute atomic E-state index is 0.163. The fourth-order valence-electron chi connectivity index (χ4n) is 1.32. The molecule has 120 valence electrons. The maximum absolute atomic E-state index is 13.0. The van der Waals surface area contributed by atoms with Crippen molar-refractivity contribution in [1.82, 2.24) is 0 Å². The Morgan fingerprint density at radius 3 is 1.67 bits per heavy atom. The second kappa shape index (κ2) is 5.26. The van der Waals surface area contributed by atoms with Crippen molar-refractivity contribution in [1.29, 1.82) is 0 Å². The van der Waals surface area contributed by atoms with Gasteiger partial charge in [-0.05, 0) is 12.1 Å². The number of ether oxygens (including phenoxy) is 1. The van der Waals surface area contributed by atoms with E-state index in [1.807, 2.05) is 0 Å². The van der Waals surface area contributed by atoms with Crippen LogP contribution >= 0.6 is 0 Å². The molecular formula is C10H4F10O. The van der Waals surface area contributed by atoms with Crippen LogP contribution in [0.4, 0.5) is 43.9 Å². The molecular weight excluding hydrogens is 326 g/mol. The van der Waals surface area contributed by atoms with Crippen molar-refractivity contribution in [3.8, 4) is 5.75 Å². The molecule has 11 heteroatoms. The van der Waals surface area contributed by atoms with Gasteiger partial charge in [-0.15, -0.1) is 0 Å². The van der Waals surface area contributed by atoms with E-state index in [0.29, 0.717) is 6.07 Å². The maximum atomic E-state index is 13.0. The van der Waals surface area contributed by atoms with Gasteiger partial charge in [0.2, 0.25) is 0 Å². The predicted octanol–water partition coefficient (Wildman–Crippen LogP) is 4.72. The normalized spacial score (nSPS) is 13.7. The van der Waals surface area contributed by atoms with Crippen molar-refractivity contribution >= 4 is 0 Å². The van der Waals surface area contributed by atoms with E-state index in [2.05, 4.69) is 4.74 Å². The first kappa shape index (κ1) is 17.4. The van der Waals surface area contributed by atoms with Gasteiger partial charge in [-0.3, -0.25) is 0 Å². The van der Waals surface area contributed by atoms with Crippen molar-refractivity contribution in [2.24, 2.45) is 0 Å². The van der Waals surface area contributed by atoms with Gasteiger partial charge >= 0.3 is 18.5 Å². The Kier molecular flexibility index (Phi) is 4.35. The predicted molar refractivity (Wildman–Crippen MR) is 47.9 cm³/mol. The highest BCUT2D eigenvalue weighted by Gasteiger charge is 2.59. The molecule has 0 unspecified atom stereocenters. The van der Waals surface area contributed by atoms with Gasteiger partial charge in [0.25, 0.3) is 6.10 Å². The molecule has 0 aliphatic carbocycles. The molecule has 0 bridgehead atoms. The standard InChI is InChI=1S/C10H4F10O/c11-4-2-1-3-5(6(4)8(12,13)14)21-7(9(15,16)17)10(18,19)20/h1-3,7H. The summed E-state index contributed by atoms with van der Waals surface area (Å²) in [6.07, 6.45) is -22.1. The molecule has 0 aliphatic heterocycles. The molecule has 0 saturated carbocycles. The summed E-state index contributed by atoms with van der Waals surface area (Å²) in [5.41, 5.74) is -2.34. The zero-order valence-electron chi connectivity index (χ0n) is 9.50. The highest BCUT2D eigenvalue weighted by atomic mass is 19.4. The van der Waals surface area contributed by atoms with Crippen molar-refractivity contribution < 1.29 is 48.6 Å². The van der Waals surface area contributed by atoms with Crippen LogP contribution in [-0.4, -0.2) is 18.5 Å². The van der Waals surface area contributed by atoms with E-state index < -0.39 is 41.8 Å². The van der Waals surface area contributed by atoms with E-state index in [4.69, 9.17) is 0 Å². The first-order valence-corrected chi connectivity index (χ1v) is 4.90. The molecule has 0 spiro atoms.